The van der Waals surface area contributed by atoms with Crippen molar-refractivity contribution in [1.29, 1.82) is 0 Å². The molecule has 5 atom stereocenters. The lowest BCUT2D eigenvalue weighted by atomic mass is 10.00. The molecule has 0 amide bonds. The third-order valence-electron chi connectivity index (χ3n) is 3.96. The zero-order valence-corrected chi connectivity index (χ0v) is 16.5. The SMILES string of the molecule is O=S(=O)(OC[C@H]1O[C@@H](O)[C@H](O)[C@@H](O)[C@H]1O)Oc1c[nH]c2ccc(Br)c(Cl)c12. The molecule has 1 aromatic carbocycles. The van der Waals surface area contributed by atoms with E-state index in [-0.39, 0.29) is 10.8 Å². The van der Waals surface area contributed by atoms with Crippen LogP contribution in [0.1, 0.15) is 0 Å². The van der Waals surface area contributed by atoms with Crippen LogP contribution in [0.15, 0.2) is 22.8 Å². The number of nitrogens with one attached hydrogen (secondary N) is 1. The molecule has 27 heavy (non-hydrogen) atoms. The van der Waals surface area contributed by atoms with Crippen LogP contribution in [-0.4, -0.2) is 71.1 Å². The van der Waals surface area contributed by atoms with E-state index in [4.69, 9.17) is 20.5 Å². The average Bonchev–Trinajstić information content (AvgIpc) is 3.01. The lowest BCUT2D eigenvalue weighted by molar-refractivity contribution is -0.285. The smallest absolute Gasteiger partial charge is 0.387 e. The van der Waals surface area contributed by atoms with Crippen molar-refractivity contribution in [3.05, 3.63) is 27.8 Å². The molecule has 0 radical (unpaired) electrons. The van der Waals surface area contributed by atoms with Gasteiger partial charge in [0.2, 0.25) is 0 Å². The van der Waals surface area contributed by atoms with E-state index in [1.54, 1.807) is 12.1 Å². The molecular weight excluding hydrogens is 474 g/mol. The van der Waals surface area contributed by atoms with Crippen LogP contribution in [0.3, 0.4) is 0 Å². The summed E-state index contributed by atoms with van der Waals surface area (Å²) in [6.07, 6.45) is -7.12. The minimum absolute atomic E-state index is 0.114. The summed E-state index contributed by atoms with van der Waals surface area (Å²) in [5, 5.41) is 38.8. The van der Waals surface area contributed by atoms with Gasteiger partial charge in [-0.05, 0) is 28.1 Å². The van der Waals surface area contributed by atoms with Gasteiger partial charge in [-0.25, -0.2) is 4.18 Å². The minimum Gasteiger partial charge on any atom is -0.387 e. The number of aliphatic hydroxyl groups is 4. The molecule has 0 aliphatic carbocycles. The zero-order chi connectivity index (χ0) is 19.9. The number of hydrogen-bond acceptors (Lipinski definition) is 9. The maximum absolute atomic E-state index is 12.1. The first-order valence-corrected chi connectivity index (χ1v) is 10.0. The molecule has 1 saturated heterocycles. The fraction of sp³-hybridized carbons (Fsp3) is 0.429. The average molecular weight is 489 g/mol. The van der Waals surface area contributed by atoms with Gasteiger partial charge in [0.05, 0.1) is 22.5 Å². The Morgan fingerprint density at radius 2 is 1.89 bits per heavy atom. The van der Waals surface area contributed by atoms with Crippen molar-refractivity contribution in [3.63, 3.8) is 0 Å². The van der Waals surface area contributed by atoms with Crippen LogP contribution < -0.4 is 4.18 Å². The van der Waals surface area contributed by atoms with Gasteiger partial charge in [0.15, 0.2) is 12.0 Å². The van der Waals surface area contributed by atoms with E-state index < -0.39 is 47.7 Å². The summed E-state index contributed by atoms with van der Waals surface area (Å²) in [5.74, 6) is -0.114. The number of halogens is 2. The number of aromatic amines is 1. The zero-order valence-electron chi connectivity index (χ0n) is 13.3. The van der Waals surface area contributed by atoms with Crippen LogP contribution in [0.5, 0.6) is 5.75 Å². The molecule has 1 aliphatic rings. The number of H-pyrrole nitrogens is 1. The Morgan fingerprint density at radius 3 is 2.59 bits per heavy atom. The van der Waals surface area contributed by atoms with Crippen molar-refractivity contribution < 1.29 is 41.9 Å². The van der Waals surface area contributed by atoms with Gasteiger partial charge in [0.25, 0.3) is 0 Å². The Hall–Kier alpha value is -0.960. The molecule has 5 N–H and O–H groups in total. The van der Waals surface area contributed by atoms with Crippen molar-refractivity contribution in [3.8, 4) is 5.75 Å². The van der Waals surface area contributed by atoms with Crippen LogP contribution in [0.2, 0.25) is 5.02 Å². The van der Waals surface area contributed by atoms with Crippen LogP contribution in [0.4, 0.5) is 0 Å². The number of hydrogen-bond donors (Lipinski definition) is 5. The van der Waals surface area contributed by atoms with E-state index in [1.165, 1.54) is 6.20 Å². The summed E-state index contributed by atoms with van der Waals surface area (Å²) in [7, 11) is -4.61. The lowest BCUT2D eigenvalue weighted by Gasteiger charge is -2.37. The van der Waals surface area contributed by atoms with Crippen LogP contribution in [0.25, 0.3) is 10.9 Å². The molecule has 10 nitrogen and oxygen atoms in total. The largest absolute Gasteiger partial charge is 0.449 e. The number of fused-ring (bicyclic) bond motifs is 1. The van der Waals surface area contributed by atoms with Crippen molar-refractivity contribution >= 4 is 48.8 Å². The Bertz CT molecular complexity index is 936. The maximum atomic E-state index is 12.1. The normalized spacial score (nSPS) is 29.2. The second-order valence-electron chi connectivity index (χ2n) is 5.75. The number of aliphatic hydroxyl groups excluding tert-OH is 4. The maximum Gasteiger partial charge on any atom is 0.449 e. The topological polar surface area (TPSA) is 159 Å². The minimum atomic E-state index is -4.61. The summed E-state index contributed by atoms with van der Waals surface area (Å²) in [5.41, 5.74) is 0.527. The summed E-state index contributed by atoms with van der Waals surface area (Å²) in [4.78, 5) is 2.80. The monoisotopic (exact) mass is 487 g/mol. The van der Waals surface area contributed by atoms with Crippen LogP contribution in [-0.2, 0) is 19.3 Å². The molecule has 0 spiro atoms. The summed E-state index contributed by atoms with van der Waals surface area (Å²) in [6.45, 7) is -0.774. The summed E-state index contributed by atoms with van der Waals surface area (Å²) >= 11 is 9.38. The van der Waals surface area contributed by atoms with Crippen molar-refractivity contribution in [2.75, 3.05) is 6.61 Å². The van der Waals surface area contributed by atoms with Gasteiger partial charge in [-0.15, -0.1) is 0 Å². The standard InChI is InChI=1S/C14H15BrClNO9S/c15-5-1-2-6-9(10(5)16)7(3-17-6)26-27(22,23)24-4-8-11(18)12(19)13(20)14(21)25-8/h1-3,8,11-14,17-21H,4H2/t8-,11+,12+,13-,14-/m1/s1. The van der Waals surface area contributed by atoms with Gasteiger partial charge in [-0.3, -0.25) is 0 Å². The lowest BCUT2D eigenvalue weighted by Crippen LogP contribution is -2.58. The number of rotatable bonds is 5. The molecule has 0 bridgehead atoms. The number of benzene rings is 1. The molecule has 2 heterocycles. The molecule has 2 aromatic rings. The van der Waals surface area contributed by atoms with E-state index in [0.29, 0.717) is 15.4 Å². The second-order valence-corrected chi connectivity index (χ2v) is 8.20. The summed E-state index contributed by atoms with van der Waals surface area (Å²) in [6, 6.07) is 3.33. The highest BCUT2D eigenvalue weighted by atomic mass is 79.9. The predicted molar refractivity (Wildman–Crippen MR) is 95.4 cm³/mol. The quantitative estimate of drug-likeness (QED) is 0.391. The molecule has 1 fully saturated rings. The summed E-state index contributed by atoms with van der Waals surface area (Å²) < 4.78 is 39.1. The van der Waals surface area contributed by atoms with E-state index in [1.807, 2.05) is 0 Å². The molecular formula is C14H15BrClNO9S. The fourth-order valence-corrected chi connectivity index (χ4v) is 3.83. The molecule has 150 valence electrons. The molecule has 0 unspecified atom stereocenters. The first-order chi connectivity index (χ1) is 12.6. The van der Waals surface area contributed by atoms with Crippen molar-refractivity contribution in [1.82, 2.24) is 4.98 Å². The third kappa shape index (κ3) is 4.23. The predicted octanol–water partition coefficient (Wildman–Crippen LogP) is 0.0239. The Kier molecular flexibility index (Phi) is 6.01. The first kappa shape index (κ1) is 20.8. The van der Waals surface area contributed by atoms with Gasteiger partial charge in [0.1, 0.15) is 24.4 Å². The number of ether oxygens (including phenoxy) is 1. The van der Waals surface area contributed by atoms with Gasteiger partial charge >= 0.3 is 10.4 Å². The molecule has 13 heteroatoms. The van der Waals surface area contributed by atoms with Crippen molar-refractivity contribution in [2.45, 2.75) is 30.7 Å². The van der Waals surface area contributed by atoms with Crippen LogP contribution in [0, 0.1) is 0 Å². The Labute approximate surface area is 166 Å². The molecule has 1 aliphatic heterocycles. The van der Waals surface area contributed by atoms with Gasteiger partial charge in [-0.2, -0.15) is 8.42 Å². The third-order valence-corrected chi connectivity index (χ3v) is 6.05. The van der Waals surface area contributed by atoms with E-state index >= 15 is 0 Å². The Morgan fingerprint density at radius 1 is 1.19 bits per heavy atom. The van der Waals surface area contributed by atoms with Crippen molar-refractivity contribution in [2.24, 2.45) is 0 Å². The highest BCUT2D eigenvalue weighted by Gasteiger charge is 2.43. The van der Waals surface area contributed by atoms with Gasteiger partial charge < -0.3 is 34.3 Å². The molecule has 1 aromatic heterocycles. The second kappa shape index (κ2) is 7.81. The van der Waals surface area contributed by atoms with Crippen LogP contribution >= 0.6 is 27.5 Å². The van der Waals surface area contributed by atoms with Gasteiger partial charge in [-0.1, -0.05) is 11.6 Å². The highest BCUT2D eigenvalue weighted by Crippen LogP contribution is 2.37. The van der Waals surface area contributed by atoms with E-state index in [0.717, 1.165) is 0 Å². The number of aromatic nitrogens is 1. The van der Waals surface area contributed by atoms with E-state index in [9.17, 15) is 28.8 Å². The van der Waals surface area contributed by atoms with Gasteiger partial charge in [0, 0.05) is 10.7 Å². The molecule has 3 rings (SSSR count). The first-order valence-electron chi connectivity index (χ1n) is 7.52. The Balaban J connectivity index is 1.72. The van der Waals surface area contributed by atoms with E-state index in [2.05, 4.69) is 25.1 Å². The molecule has 0 saturated carbocycles. The fourth-order valence-electron chi connectivity index (χ4n) is 2.55. The highest BCUT2D eigenvalue weighted by molar-refractivity contribution is 9.10.